The average molecular weight is 633 g/mol. The molecule has 1 unspecified atom stereocenters. The van der Waals surface area contributed by atoms with Gasteiger partial charge in [0.05, 0.1) is 23.2 Å². The van der Waals surface area contributed by atoms with Crippen LogP contribution in [0, 0.1) is 3.57 Å². The second kappa shape index (κ2) is 12.0. The summed E-state index contributed by atoms with van der Waals surface area (Å²) in [5.41, 5.74) is 3.04. The Morgan fingerprint density at radius 2 is 1.94 bits per heavy atom. The highest BCUT2D eigenvalue weighted by Gasteiger charge is 2.24. The van der Waals surface area contributed by atoms with Crippen molar-refractivity contribution in [2.24, 2.45) is 0 Å². The summed E-state index contributed by atoms with van der Waals surface area (Å²) in [6.45, 7) is 3.61. The maximum Gasteiger partial charge on any atom is 0.255 e. The minimum atomic E-state index is -3.12. The van der Waals surface area contributed by atoms with Crippen LogP contribution in [0.15, 0.2) is 34.7 Å². The number of hydrogen-bond donors (Lipinski definition) is 3. The molecule has 0 saturated heterocycles. The van der Waals surface area contributed by atoms with Gasteiger partial charge >= 0.3 is 0 Å². The SMILES string of the molecule is CCc1ccc(-c2oc3nc(CN(CCCCP(C)(=O)O)[SH](=O)=O)c(I)cc3c2C(=O)NC)cc1. The number of carbonyl (C=O) groups is 1. The van der Waals surface area contributed by atoms with Gasteiger partial charge in [0.1, 0.15) is 5.76 Å². The van der Waals surface area contributed by atoms with Gasteiger partial charge in [0, 0.05) is 35.6 Å². The van der Waals surface area contributed by atoms with Crippen molar-refractivity contribution in [1.29, 1.82) is 0 Å². The number of hydrogen-bond acceptors (Lipinski definition) is 6. The number of benzene rings is 1. The van der Waals surface area contributed by atoms with Gasteiger partial charge in [-0.2, -0.15) is 4.31 Å². The number of carbonyl (C=O) groups excluding carboxylic acids is 1. The first-order valence-electron chi connectivity index (χ1n) is 11.2. The summed E-state index contributed by atoms with van der Waals surface area (Å²) in [6.07, 6.45) is 1.94. The molecule has 1 atom stereocenters. The van der Waals surface area contributed by atoms with Crippen molar-refractivity contribution in [3.8, 4) is 11.3 Å². The Labute approximate surface area is 220 Å². The minimum absolute atomic E-state index is 0.0341. The first kappa shape index (κ1) is 27.8. The highest BCUT2D eigenvalue weighted by atomic mass is 127. The van der Waals surface area contributed by atoms with Crippen molar-refractivity contribution in [3.05, 3.63) is 50.7 Å². The third kappa shape index (κ3) is 7.13. The number of unbranched alkanes of at least 4 members (excludes halogenated alkanes) is 1. The van der Waals surface area contributed by atoms with E-state index in [1.165, 1.54) is 11.0 Å². The van der Waals surface area contributed by atoms with Crippen molar-refractivity contribution in [2.75, 3.05) is 26.4 Å². The first-order chi connectivity index (χ1) is 16.5. The van der Waals surface area contributed by atoms with Gasteiger partial charge in [0.25, 0.3) is 5.91 Å². The molecule has 0 fully saturated rings. The fourth-order valence-electron chi connectivity index (χ4n) is 3.68. The number of pyridine rings is 1. The largest absolute Gasteiger partial charge is 0.437 e. The molecule has 0 spiro atoms. The van der Waals surface area contributed by atoms with Crippen molar-refractivity contribution in [3.63, 3.8) is 0 Å². The third-order valence-electron chi connectivity index (χ3n) is 5.59. The molecule has 1 aromatic carbocycles. The molecule has 0 aliphatic carbocycles. The van der Waals surface area contributed by atoms with Gasteiger partial charge in [0.15, 0.2) is 7.37 Å². The molecule has 190 valence electrons. The van der Waals surface area contributed by atoms with Crippen molar-refractivity contribution in [1.82, 2.24) is 14.6 Å². The number of rotatable bonds is 11. The van der Waals surface area contributed by atoms with E-state index in [4.69, 9.17) is 4.42 Å². The molecule has 9 nitrogen and oxygen atoms in total. The summed E-state index contributed by atoms with van der Waals surface area (Å²) < 4.78 is 43.2. The summed E-state index contributed by atoms with van der Waals surface area (Å²) in [7, 11) is -4.45. The Hall–Kier alpha value is -1.79. The molecule has 0 radical (unpaired) electrons. The predicted octanol–water partition coefficient (Wildman–Crippen LogP) is 4.03. The molecule has 0 bridgehead atoms. The van der Waals surface area contributed by atoms with E-state index in [1.54, 1.807) is 13.1 Å². The fourth-order valence-corrected chi connectivity index (χ4v) is 5.65. The number of nitrogens with zero attached hydrogens (tertiary/aromatic N) is 2. The van der Waals surface area contributed by atoms with Crippen molar-refractivity contribution < 1.29 is 27.1 Å². The molecule has 2 aromatic heterocycles. The summed E-state index contributed by atoms with van der Waals surface area (Å²) >= 11 is 2.08. The number of aromatic nitrogens is 1. The van der Waals surface area contributed by atoms with Crippen LogP contribution in [0.25, 0.3) is 22.4 Å². The number of thiol groups is 1. The first-order valence-corrected chi connectivity index (χ1v) is 15.7. The van der Waals surface area contributed by atoms with E-state index in [9.17, 15) is 22.7 Å². The maximum atomic E-state index is 12.8. The number of amides is 1. The molecule has 2 N–H and O–H groups in total. The van der Waals surface area contributed by atoms with Gasteiger partial charge in [0.2, 0.25) is 16.6 Å². The Morgan fingerprint density at radius 1 is 1.26 bits per heavy atom. The third-order valence-corrected chi connectivity index (χ3v) is 8.47. The van der Waals surface area contributed by atoms with E-state index >= 15 is 0 Å². The van der Waals surface area contributed by atoms with Crippen LogP contribution in [-0.4, -0.2) is 54.9 Å². The van der Waals surface area contributed by atoms with Gasteiger partial charge < -0.3 is 14.6 Å². The number of halogens is 1. The van der Waals surface area contributed by atoms with Gasteiger partial charge in [-0.15, -0.1) is 0 Å². The molecule has 3 rings (SSSR count). The molecule has 1 amide bonds. The molecule has 12 heteroatoms. The van der Waals surface area contributed by atoms with Gasteiger partial charge in [-0.3, -0.25) is 9.36 Å². The smallest absolute Gasteiger partial charge is 0.255 e. The zero-order valence-corrected chi connectivity index (χ0v) is 23.7. The van der Waals surface area contributed by atoms with Crippen LogP contribution in [0.2, 0.25) is 0 Å². The summed E-state index contributed by atoms with van der Waals surface area (Å²) in [5.74, 6) is 0.104. The monoisotopic (exact) mass is 633 g/mol. The van der Waals surface area contributed by atoms with Crippen LogP contribution in [-0.2, 0) is 28.4 Å². The Bertz CT molecular complexity index is 1330. The molecule has 0 aliphatic heterocycles. The normalized spacial score (nSPS) is 13.5. The van der Waals surface area contributed by atoms with Gasteiger partial charge in [-0.25, -0.2) is 13.4 Å². The van der Waals surface area contributed by atoms with Crippen molar-refractivity contribution >= 4 is 57.9 Å². The number of fused-ring (bicyclic) bond motifs is 1. The Kier molecular flexibility index (Phi) is 9.50. The van der Waals surface area contributed by atoms with E-state index in [2.05, 4.69) is 39.8 Å². The van der Waals surface area contributed by atoms with E-state index in [-0.39, 0.29) is 30.9 Å². The van der Waals surface area contributed by atoms with Crippen LogP contribution in [0.3, 0.4) is 0 Å². The topological polar surface area (TPSA) is 130 Å². The zero-order valence-electron chi connectivity index (χ0n) is 19.8. The average Bonchev–Trinajstić information content (AvgIpc) is 3.17. The zero-order chi connectivity index (χ0) is 25.8. The molecule has 0 saturated carbocycles. The lowest BCUT2D eigenvalue weighted by Gasteiger charge is -2.16. The van der Waals surface area contributed by atoms with Gasteiger partial charge in [-0.05, 0) is 53.5 Å². The Morgan fingerprint density at radius 3 is 2.51 bits per heavy atom. The molecule has 35 heavy (non-hydrogen) atoms. The molecule has 3 aromatic rings. The molecule has 2 heterocycles. The number of aryl methyl sites for hydroxylation is 1. The van der Waals surface area contributed by atoms with E-state index in [1.807, 2.05) is 24.3 Å². The fraction of sp³-hybridized carbons (Fsp3) is 0.391. The predicted molar refractivity (Wildman–Crippen MR) is 146 cm³/mol. The van der Waals surface area contributed by atoms with E-state index in [0.717, 1.165) is 17.5 Å². The lowest BCUT2D eigenvalue weighted by molar-refractivity contribution is 0.0964. The summed E-state index contributed by atoms with van der Waals surface area (Å²) in [5, 5.41) is 3.21. The molecule has 0 aliphatic rings. The highest BCUT2D eigenvalue weighted by molar-refractivity contribution is 14.1. The van der Waals surface area contributed by atoms with Crippen LogP contribution in [0.1, 0.15) is 41.4 Å². The van der Waals surface area contributed by atoms with Crippen molar-refractivity contribution in [2.45, 2.75) is 32.7 Å². The second-order valence-electron chi connectivity index (χ2n) is 8.31. The van der Waals surface area contributed by atoms with Crippen LogP contribution in [0.4, 0.5) is 0 Å². The molecular weight excluding hydrogens is 604 g/mol. The Balaban J connectivity index is 1.95. The van der Waals surface area contributed by atoms with Crippen LogP contribution < -0.4 is 5.32 Å². The van der Waals surface area contributed by atoms with E-state index < -0.39 is 18.3 Å². The summed E-state index contributed by atoms with van der Waals surface area (Å²) in [4.78, 5) is 26.8. The highest BCUT2D eigenvalue weighted by Crippen LogP contribution is 2.36. The number of furan rings is 1. The molecular formula is C23H29IN3O6PS. The lowest BCUT2D eigenvalue weighted by Crippen LogP contribution is -2.24. The minimum Gasteiger partial charge on any atom is -0.437 e. The van der Waals surface area contributed by atoms with Crippen LogP contribution >= 0.6 is 30.0 Å². The van der Waals surface area contributed by atoms with Crippen LogP contribution in [0.5, 0.6) is 0 Å². The standard InChI is InChI=1S/C23H29IN3O6PS/c1-4-15-7-9-16(10-8-15)21-20(22(28)25-2)17-13-18(24)19(26-23(17)33-21)14-27(35(31)32)11-5-6-12-34(3,29)30/h7-10,13,35H,4-6,11-12,14H2,1-3H3,(H,25,28)(H,29,30). The lowest BCUT2D eigenvalue weighted by atomic mass is 10.0. The van der Waals surface area contributed by atoms with E-state index in [0.29, 0.717) is 38.8 Å². The second-order valence-corrected chi connectivity index (χ2v) is 13.1. The van der Waals surface area contributed by atoms with Gasteiger partial charge in [-0.1, -0.05) is 31.2 Å². The quantitative estimate of drug-likeness (QED) is 0.126. The summed E-state index contributed by atoms with van der Waals surface area (Å²) in [6, 6.07) is 9.55. The number of nitrogens with one attached hydrogen (secondary N) is 1. The maximum absolute atomic E-state index is 12.8.